The van der Waals surface area contributed by atoms with E-state index in [2.05, 4.69) is 15.2 Å². The van der Waals surface area contributed by atoms with E-state index >= 15 is 0 Å². The van der Waals surface area contributed by atoms with Crippen LogP contribution in [0.25, 0.3) is 11.0 Å². The van der Waals surface area contributed by atoms with E-state index in [1.807, 2.05) is 28.8 Å². The molecule has 3 aromatic carbocycles. The van der Waals surface area contributed by atoms with Crippen LogP contribution in [-0.4, -0.2) is 39.9 Å². The third kappa shape index (κ3) is 5.83. The summed E-state index contributed by atoms with van der Waals surface area (Å²) in [6.07, 6.45) is -1.93. The van der Waals surface area contributed by atoms with Gasteiger partial charge in [-0.2, -0.15) is 13.2 Å². The number of aldehydes is 1. The predicted octanol–water partition coefficient (Wildman–Crippen LogP) is 6.13. The number of piperidine rings is 1. The Morgan fingerprint density at radius 1 is 0.919 bits per heavy atom. The summed E-state index contributed by atoms with van der Waals surface area (Å²) in [7, 11) is 0. The predicted molar refractivity (Wildman–Crippen MR) is 134 cm³/mol. The standard InChI is InChI=1S/C28H26F4N4O/c29-23-8-5-20(6-9-23)17-36-26-10-7-22(28(30,31)32)15-25(26)34-27(36)33-24-11-13-35(14-12-24)16-19-1-3-21(18-37)4-2-19/h1-10,15,18,24H,11-14,16-17H2,(H,33,34). The number of aromatic nitrogens is 2. The molecule has 192 valence electrons. The first-order chi connectivity index (χ1) is 17.8. The summed E-state index contributed by atoms with van der Waals surface area (Å²) in [6, 6.07) is 17.3. The third-order valence-electron chi connectivity index (χ3n) is 6.77. The van der Waals surface area contributed by atoms with Crippen LogP contribution in [0.2, 0.25) is 0 Å². The molecule has 5 rings (SSSR count). The lowest BCUT2D eigenvalue weighted by molar-refractivity contribution is -0.137. The van der Waals surface area contributed by atoms with Crippen LogP contribution in [0.3, 0.4) is 0 Å². The largest absolute Gasteiger partial charge is 0.416 e. The van der Waals surface area contributed by atoms with Gasteiger partial charge >= 0.3 is 6.18 Å². The summed E-state index contributed by atoms with van der Waals surface area (Å²) in [5.41, 5.74) is 2.70. The lowest BCUT2D eigenvalue weighted by Crippen LogP contribution is -2.39. The molecule has 0 radical (unpaired) electrons. The molecule has 0 saturated carbocycles. The number of nitrogens with zero attached hydrogens (tertiary/aromatic N) is 3. The summed E-state index contributed by atoms with van der Waals surface area (Å²) >= 11 is 0. The van der Waals surface area contributed by atoms with Gasteiger partial charge < -0.3 is 9.88 Å². The average molecular weight is 511 g/mol. The highest BCUT2D eigenvalue weighted by Gasteiger charge is 2.31. The van der Waals surface area contributed by atoms with Gasteiger partial charge in [0.2, 0.25) is 5.95 Å². The molecule has 1 aliphatic heterocycles. The number of benzene rings is 3. The summed E-state index contributed by atoms with van der Waals surface area (Å²) in [5, 5.41) is 3.46. The van der Waals surface area contributed by atoms with Crippen LogP contribution in [0.4, 0.5) is 23.5 Å². The number of likely N-dealkylation sites (tertiary alicyclic amines) is 1. The van der Waals surface area contributed by atoms with Gasteiger partial charge in [-0.1, -0.05) is 36.4 Å². The molecule has 1 aliphatic rings. The van der Waals surface area contributed by atoms with Gasteiger partial charge in [-0.3, -0.25) is 9.69 Å². The number of halogens is 4. The SMILES string of the molecule is O=Cc1ccc(CN2CCC(Nc3nc4cc(C(F)(F)F)ccc4n3Cc3ccc(F)cc3)CC2)cc1. The molecule has 0 spiro atoms. The van der Waals surface area contributed by atoms with Crippen molar-refractivity contribution in [2.75, 3.05) is 18.4 Å². The monoisotopic (exact) mass is 510 g/mol. The molecule has 0 aliphatic carbocycles. The zero-order valence-corrected chi connectivity index (χ0v) is 20.0. The van der Waals surface area contributed by atoms with Crippen LogP contribution >= 0.6 is 0 Å². The van der Waals surface area contributed by atoms with Gasteiger partial charge in [0.25, 0.3) is 0 Å². The third-order valence-corrected chi connectivity index (χ3v) is 6.77. The van der Waals surface area contributed by atoms with Crippen molar-refractivity contribution in [2.24, 2.45) is 0 Å². The molecule has 1 aromatic heterocycles. The van der Waals surface area contributed by atoms with Crippen LogP contribution in [0.1, 0.15) is 39.9 Å². The number of hydrogen-bond acceptors (Lipinski definition) is 4. The summed E-state index contributed by atoms with van der Waals surface area (Å²) in [5.74, 6) is 0.153. The molecular weight excluding hydrogens is 484 g/mol. The minimum atomic E-state index is -4.46. The lowest BCUT2D eigenvalue weighted by Gasteiger charge is -2.32. The van der Waals surface area contributed by atoms with Crippen LogP contribution in [-0.2, 0) is 19.3 Å². The van der Waals surface area contributed by atoms with Gasteiger partial charge in [0, 0.05) is 31.2 Å². The number of rotatable bonds is 7. The molecule has 0 unspecified atom stereocenters. The smallest absolute Gasteiger partial charge is 0.353 e. The molecule has 5 nitrogen and oxygen atoms in total. The number of alkyl halides is 3. The van der Waals surface area contributed by atoms with Crippen LogP contribution < -0.4 is 5.32 Å². The van der Waals surface area contributed by atoms with E-state index in [1.54, 1.807) is 12.1 Å². The van der Waals surface area contributed by atoms with Crippen molar-refractivity contribution in [3.05, 3.63) is 94.8 Å². The fourth-order valence-corrected chi connectivity index (χ4v) is 4.73. The fraction of sp³-hybridized carbons (Fsp3) is 0.286. The Morgan fingerprint density at radius 2 is 1.57 bits per heavy atom. The van der Waals surface area contributed by atoms with Gasteiger partial charge in [-0.05, 0) is 54.3 Å². The van der Waals surface area contributed by atoms with Gasteiger partial charge in [-0.15, -0.1) is 0 Å². The van der Waals surface area contributed by atoms with E-state index in [4.69, 9.17) is 0 Å². The number of imidazole rings is 1. The zero-order chi connectivity index (χ0) is 26.0. The Kier molecular flexibility index (Phi) is 6.97. The second-order valence-electron chi connectivity index (χ2n) is 9.40. The Hall–Kier alpha value is -3.72. The maximum atomic E-state index is 13.4. The van der Waals surface area contributed by atoms with E-state index in [0.29, 0.717) is 23.6 Å². The number of hydrogen-bond donors (Lipinski definition) is 1. The van der Waals surface area contributed by atoms with Crippen molar-refractivity contribution in [3.63, 3.8) is 0 Å². The number of nitrogens with one attached hydrogen (secondary N) is 1. The Labute approximate surface area is 211 Å². The van der Waals surface area contributed by atoms with E-state index in [0.717, 1.165) is 62.0 Å². The molecule has 4 aromatic rings. The first kappa shape index (κ1) is 25.0. The fourth-order valence-electron chi connectivity index (χ4n) is 4.73. The van der Waals surface area contributed by atoms with Crippen molar-refractivity contribution in [1.29, 1.82) is 0 Å². The number of fused-ring (bicyclic) bond motifs is 1. The Morgan fingerprint density at radius 3 is 2.22 bits per heavy atom. The second-order valence-corrected chi connectivity index (χ2v) is 9.40. The van der Waals surface area contributed by atoms with Crippen molar-refractivity contribution >= 4 is 23.3 Å². The first-order valence-electron chi connectivity index (χ1n) is 12.1. The first-order valence-corrected chi connectivity index (χ1v) is 12.1. The van der Waals surface area contributed by atoms with Crippen molar-refractivity contribution in [1.82, 2.24) is 14.5 Å². The van der Waals surface area contributed by atoms with Gasteiger partial charge in [0.05, 0.1) is 23.1 Å². The highest BCUT2D eigenvalue weighted by molar-refractivity contribution is 5.80. The molecule has 0 atom stereocenters. The van der Waals surface area contributed by atoms with Crippen molar-refractivity contribution in [3.8, 4) is 0 Å². The van der Waals surface area contributed by atoms with E-state index in [-0.39, 0.29) is 17.4 Å². The number of anilines is 1. The normalized spacial score (nSPS) is 15.2. The van der Waals surface area contributed by atoms with Crippen LogP contribution in [0.15, 0.2) is 66.7 Å². The van der Waals surface area contributed by atoms with Crippen molar-refractivity contribution < 1.29 is 22.4 Å². The molecule has 1 N–H and O–H groups in total. The molecular formula is C28H26F4N4O. The lowest BCUT2D eigenvalue weighted by atomic mass is 10.0. The Balaban J connectivity index is 1.33. The molecule has 37 heavy (non-hydrogen) atoms. The maximum Gasteiger partial charge on any atom is 0.416 e. The zero-order valence-electron chi connectivity index (χ0n) is 20.0. The minimum Gasteiger partial charge on any atom is -0.353 e. The van der Waals surface area contributed by atoms with E-state index in [9.17, 15) is 22.4 Å². The molecule has 9 heteroatoms. The van der Waals surface area contributed by atoms with Crippen LogP contribution in [0, 0.1) is 5.82 Å². The highest BCUT2D eigenvalue weighted by atomic mass is 19.4. The summed E-state index contributed by atoms with van der Waals surface area (Å²) in [4.78, 5) is 17.7. The average Bonchev–Trinajstić information content (AvgIpc) is 3.22. The maximum absolute atomic E-state index is 13.4. The molecule has 1 fully saturated rings. The van der Waals surface area contributed by atoms with Gasteiger partial charge in [0.1, 0.15) is 12.1 Å². The number of carbonyl (C=O) groups excluding carboxylic acids is 1. The molecule has 2 heterocycles. The number of carbonyl (C=O) groups is 1. The Bertz CT molecular complexity index is 1370. The topological polar surface area (TPSA) is 50.2 Å². The van der Waals surface area contributed by atoms with Crippen molar-refractivity contribution in [2.45, 2.75) is 38.1 Å². The summed E-state index contributed by atoms with van der Waals surface area (Å²) < 4.78 is 55.2. The minimum absolute atomic E-state index is 0.111. The second kappa shape index (κ2) is 10.3. The molecule has 0 bridgehead atoms. The quantitative estimate of drug-likeness (QED) is 0.240. The van der Waals surface area contributed by atoms with Gasteiger partial charge in [-0.25, -0.2) is 9.37 Å². The highest BCUT2D eigenvalue weighted by Crippen LogP contribution is 2.33. The van der Waals surface area contributed by atoms with E-state index < -0.39 is 11.7 Å². The van der Waals surface area contributed by atoms with Gasteiger partial charge in [0.15, 0.2) is 0 Å². The molecule has 1 saturated heterocycles. The van der Waals surface area contributed by atoms with Crippen LogP contribution in [0.5, 0.6) is 0 Å². The van der Waals surface area contributed by atoms with E-state index in [1.165, 1.54) is 18.2 Å². The molecule has 0 amide bonds. The summed E-state index contributed by atoms with van der Waals surface area (Å²) in [6.45, 7) is 2.84.